The first kappa shape index (κ1) is 16.7. The first-order valence-electron chi connectivity index (χ1n) is 8.75. The highest BCUT2D eigenvalue weighted by Gasteiger charge is 2.17. The summed E-state index contributed by atoms with van der Waals surface area (Å²) in [5.74, 6) is 1.18. The number of aliphatic hydroxyl groups is 1. The monoisotopic (exact) mass is 351 g/mol. The third-order valence-electron chi connectivity index (χ3n) is 4.51. The summed E-state index contributed by atoms with van der Waals surface area (Å²) in [5.41, 5.74) is 2.87. The highest BCUT2D eigenvalue weighted by atomic mass is 16.5. The predicted molar refractivity (Wildman–Crippen MR) is 96.6 cm³/mol. The van der Waals surface area contributed by atoms with Crippen molar-refractivity contribution in [2.75, 3.05) is 13.1 Å². The maximum atomic E-state index is 9.57. The van der Waals surface area contributed by atoms with Crippen molar-refractivity contribution in [3.8, 4) is 22.9 Å². The van der Waals surface area contributed by atoms with E-state index in [4.69, 9.17) is 4.74 Å². The van der Waals surface area contributed by atoms with E-state index in [9.17, 15) is 5.11 Å². The van der Waals surface area contributed by atoms with E-state index in [1.807, 2.05) is 30.3 Å². The summed E-state index contributed by atoms with van der Waals surface area (Å²) in [6.45, 7) is 2.62. The van der Waals surface area contributed by atoms with Gasteiger partial charge in [0.15, 0.2) is 0 Å². The Morgan fingerprint density at radius 3 is 2.62 bits per heavy atom. The maximum Gasteiger partial charge on any atom is 0.219 e. The van der Waals surface area contributed by atoms with Crippen LogP contribution in [0.2, 0.25) is 0 Å². The Kier molecular flexibility index (Phi) is 4.90. The molecule has 0 aromatic carbocycles. The molecule has 1 fully saturated rings. The Balaban J connectivity index is 1.35. The normalized spacial score (nSPS) is 15.9. The molecule has 26 heavy (non-hydrogen) atoms. The van der Waals surface area contributed by atoms with E-state index >= 15 is 0 Å². The van der Waals surface area contributed by atoms with Crippen LogP contribution in [0.4, 0.5) is 0 Å². The molecule has 0 unspecified atom stereocenters. The van der Waals surface area contributed by atoms with E-state index in [0.29, 0.717) is 11.6 Å². The lowest BCUT2D eigenvalue weighted by Crippen LogP contribution is -2.35. The molecule has 0 spiro atoms. The lowest BCUT2D eigenvalue weighted by Gasteiger charge is -2.29. The van der Waals surface area contributed by atoms with Crippen molar-refractivity contribution in [1.29, 1.82) is 0 Å². The molecular weight excluding hydrogens is 330 g/mol. The fraction of sp³-hybridized carbons (Fsp3) is 0.316. The number of nitrogens with one attached hydrogen (secondary N) is 1. The van der Waals surface area contributed by atoms with E-state index in [0.717, 1.165) is 49.4 Å². The van der Waals surface area contributed by atoms with Gasteiger partial charge in [0.2, 0.25) is 5.88 Å². The molecule has 0 atom stereocenters. The van der Waals surface area contributed by atoms with E-state index in [1.165, 1.54) is 0 Å². The molecule has 0 bridgehead atoms. The number of hydrogen-bond donors (Lipinski definition) is 2. The van der Waals surface area contributed by atoms with Crippen molar-refractivity contribution < 1.29 is 9.84 Å². The molecule has 3 aromatic rings. The van der Waals surface area contributed by atoms with Gasteiger partial charge in [-0.2, -0.15) is 5.10 Å². The fourth-order valence-corrected chi connectivity index (χ4v) is 3.01. The minimum Gasteiger partial charge on any atom is -0.437 e. The Morgan fingerprint density at radius 2 is 1.96 bits per heavy atom. The zero-order valence-electron chi connectivity index (χ0n) is 14.4. The summed E-state index contributed by atoms with van der Waals surface area (Å²) in [6, 6.07) is 9.53. The fourth-order valence-electron chi connectivity index (χ4n) is 3.01. The molecule has 3 aromatic heterocycles. The van der Waals surface area contributed by atoms with Crippen LogP contribution < -0.4 is 4.74 Å². The topological polar surface area (TPSA) is 87.2 Å². The Labute approximate surface area is 151 Å². The predicted octanol–water partition coefficient (Wildman–Crippen LogP) is 2.62. The van der Waals surface area contributed by atoms with Crippen LogP contribution in [-0.4, -0.2) is 49.4 Å². The zero-order valence-corrected chi connectivity index (χ0v) is 14.4. The number of H-pyrrole nitrogens is 1. The molecule has 7 nitrogen and oxygen atoms in total. The largest absolute Gasteiger partial charge is 0.437 e. The van der Waals surface area contributed by atoms with Crippen LogP contribution in [0, 0.1) is 0 Å². The highest BCUT2D eigenvalue weighted by molar-refractivity contribution is 5.57. The number of likely N-dealkylation sites (tertiary alicyclic amines) is 1. The van der Waals surface area contributed by atoms with Gasteiger partial charge in [-0.25, -0.2) is 4.98 Å². The standard InChI is InChI=1S/C19H21N5O2/c25-16-6-9-24(10-7-16)13-15-2-3-17(12-20-15)26-19-4-1-14(11-21-19)18-5-8-22-23-18/h1-5,8,11-12,16,25H,6-7,9-10,13H2,(H,22,23). The number of aliphatic hydroxyl groups excluding tert-OH is 1. The van der Waals surface area contributed by atoms with Gasteiger partial charge >= 0.3 is 0 Å². The summed E-state index contributed by atoms with van der Waals surface area (Å²) in [6.07, 6.45) is 6.69. The van der Waals surface area contributed by atoms with Crippen LogP contribution >= 0.6 is 0 Å². The second-order valence-corrected chi connectivity index (χ2v) is 6.45. The molecule has 7 heteroatoms. The Hall–Kier alpha value is -2.77. The van der Waals surface area contributed by atoms with E-state index in [2.05, 4.69) is 25.1 Å². The second kappa shape index (κ2) is 7.63. The average molecular weight is 351 g/mol. The number of pyridine rings is 2. The van der Waals surface area contributed by atoms with Crippen molar-refractivity contribution in [1.82, 2.24) is 25.1 Å². The van der Waals surface area contributed by atoms with Gasteiger partial charge in [-0.1, -0.05) is 0 Å². The number of rotatable bonds is 5. The van der Waals surface area contributed by atoms with Crippen LogP contribution in [0.1, 0.15) is 18.5 Å². The first-order chi connectivity index (χ1) is 12.8. The van der Waals surface area contributed by atoms with Crippen LogP contribution in [0.15, 0.2) is 48.9 Å². The molecule has 134 valence electrons. The van der Waals surface area contributed by atoms with E-state index in [-0.39, 0.29) is 6.10 Å². The average Bonchev–Trinajstić information content (AvgIpc) is 3.21. The molecule has 4 heterocycles. The quantitative estimate of drug-likeness (QED) is 0.735. The lowest BCUT2D eigenvalue weighted by atomic mass is 10.1. The van der Waals surface area contributed by atoms with Crippen LogP contribution in [0.25, 0.3) is 11.3 Å². The van der Waals surface area contributed by atoms with Gasteiger partial charge in [-0.05, 0) is 37.1 Å². The number of hydrogen-bond acceptors (Lipinski definition) is 6. The van der Waals surface area contributed by atoms with Crippen LogP contribution in [0.5, 0.6) is 11.6 Å². The molecule has 1 aliphatic rings. The number of aromatic amines is 1. The zero-order chi connectivity index (χ0) is 17.8. The van der Waals surface area contributed by atoms with Gasteiger partial charge in [0.1, 0.15) is 5.75 Å². The summed E-state index contributed by atoms with van der Waals surface area (Å²) in [4.78, 5) is 11.1. The summed E-state index contributed by atoms with van der Waals surface area (Å²) >= 11 is 0. The van der Waals surface area contributed by atoms with Gasteiger partial charge < -0.3 is 9.84 Å². The van der Waals surface area contributed by atoms with E-state index in [1.54, 1.807) is 18.6 Å². The molecular formula is C19H21N5O2. The third-order valence-corrected chi connectivity index (χ3v) is 4.51. The second-order valence-electron chi connectivity index (χ2n) is 6.45. The van der Waals surface area contributed by atoms with E-state index < -0.39 is 0 Å². The minimum absolute atomic E-state index is 0.151. The molecule has 0 aliphatic carbocycles. The molecule has 2 N–H and O–H groups in total. The van der Waals surface area contributed by atoms with Gasteiger partial charge in [0, 0.05) is 43.7 Å². The van der Waals surface area contributed by atoms with Crippen LogP contribution in [-0.2, 0) is 6.54 Å². The Bertz CT molecular complexity index is 810. The van der Waals surface area contributed by atoms with Gasteiger partial charge in [0.25, 0.3) is 0 Å². The highest BCUT2D eigenvalue weighted by Crippen LogP contribution is 2.22. The van der Waals surface area contributed by atoms with Crippen molar-refractivity contribution >= 4 is 0 Å². The first-order valence-corrected chi connectivity index (χ1v) is 8.75. The number of nitrogens with zero attached hydrogens (tertiary/aromatic N) is 4. The number of ether oxygens (including phenoxy) is 1. The molecule has 0 saturated carbocycles. The smallest absolute Gasteiger partial charge is 0.219 e. The summed E-state index contributed by atoms with van der Waals surface area (Å²) in [7, 11) is 0. The van der Waals surface area contributed by atoms with Crippen molar-refractivity contribution in [2.45, 2.75) is 25.5 Å². The van der Waals surface area contributed by atoms with Crippen molar-refractivity contribution in [3.63, 3.8) is 0 Å². The number of piperidine rings is 1. The van der Waals surface area contributed by atoms with Crippen molar-refractivity contribution in [2.24, 2.45) is 0 Å². The van der Waals surface area contributed by atoms with Crippen molar-refractivity contribution in [3.05, 3.63) is 54.6 Å². The summed E-state index contributed by atoms with van der Waals surface area (Å²) in [5, 5.41) is 16.4. The third kappa shape index (κ3) is 4.07. The van der Waals surface area contributed by atoms with Gasteiger partial charge in [-0.3, -0.25) is 15.0 Å². The molecule has 0 amide bonds. The lowest BCUT2D eigenvalue weighted by molar-refractivity contribution is 0.0786. The molecule has 1 aliphatic heterocycles. The van der Waals surface area contributed by atoms with Crippen LogP contribution in [0.3, 0.4) is 0 Å². The molecule has 4 rings (SSSR count). The molecule has 1 saturated heterocycles. The summed E-state index contributed by atoms with van der Waals surface area (Å²) < 4.78 is 5.76. The minimum atomic E-state index is -0.151. The maximum absolute atomic E-state index is 9.57. The SMILES string of the molecule is OC1CCN(Cc2ccc(Oc3ccc(-c4ccn[nH]4)cn3)cn2)CC1. The Morgan fingerprint density at radius 1 is 1.08 bits per heavy atom. The van der Waals surface area contributed by atoms with Gasteiger partial charge in [0.05, 0.1) is 23.7 Å². The van der Waals surface area contributed by atoms with Gasteiger partial charge in [-0.15, -0.1) is 0 Å². The molecule has 0 radical (unpaired) electrons. The number of aromatic nitrogens is 4.